The molecule has 11 rings (SSSR count). The lowest BCUT2D eigenvalue weighted by molar-refractivity contribution is 0.661. The molecule has 1 aliphatic carbocycles. The van der Waals surface area contributed by atoms with Gasteiger partial charge < -0.3 is 0 Å². The lowest BCUT2D eigenvalue weighted by atomic mass is 9.82. The highest BCUT2D eigenvalue weighted by Crippen LogP contribution is 2.51. The van der Waals surface area contributed by atoms with Crippen molar-refractivity contribution in [1.82, 2.24) is 24.1 Å². The van der Waals surface area contributed by atoms with Crippen molar-refractivity contribution in [2.75, 3.05) is 0 Å². The first kappa shape index (κ1) is 29.8. The van der Waals surface area contributed by atoms with E-state index in [1.165, 1.54) is 38.6 Å². The van der Waals surface area contributed by atoms with Crippen LogP contribution in [0, 0.1) is 0 Å². The van der Waals surface area contributed by atoms with Crippen LogP contribution in [0.5, 0.6) is 0 Å². The Balaban J connectivity index is 1.21. The molecule has 3 heterocycles. The molecule has 7 aromatic carbocycles. The van der Waals surface area contributed by atoms with Gasteiger partial charge in [0.25, 0.3) is 0 Å². The molecule has 0 N–H and O–H groups in total. The van der Waals surface area contributed by atoms with E-state index in [4.69, 9.17) is 15.0 Å². The molecule has 0 saturated heterocycles. The summed E-state index contributed by atoms with van der Waals surface area (Å²) in [4.78, 5) is 16.0. The van der Waals surface area contributed by atoms with Crippen LogP contribution in [0.2, 0.25) is 0 Å². The number of rotatable bonds is 4. The number of nitrogens with zero attached hydrogens (tertiary/aromatic N) is 5. The fourth-order valence-corrected chi connectivity index (χ4v) is 8.64. The molecule has 0 bridgehead atoms. The maximum atomic E-state index is 5.38. The highest BCUT2D eigenvalue weighted by atomic mass is 15.3. The van der Waals surface area contributed by atoms with Gasteiger partial charge in [0.2, 0.25) is 11.9 Å². The summed E-state index contributed by atoms with van der Waals surface area (Å²) in [6.45, 7) is 4.66. The van der Waals surface area contributed by atoms with Crippen LogP contribution in [0.25, 0.3) is 89.2 Å². The Bertz CT molecular complexity index is 3020. The van der Waals surface area contributed by atoms with Crippen LogP contribution in [0.1, 0.15) is 25.0 Å². The molecule has 3 aromatic heterocycles. The summed E-state index contributed by atoms with van der Waals surface area (Å²) in [6, 6.07) is 58.2. The molecule has 0 spiro atoms. The van der Waals surface area contributed by atoms with E-state index < -0.39 is 0 Å². The van der Waals surface area contributed by atoms with Crippen molar-refractivity contribution in [2.24, 2.45) is 0 Å². The first-order chi connectivity index (χ1) is 26.0. The van der Waals surface area contributed by atoms with Gasteiger partial charge in [-0.05, 0) is 63.7 Å². The number of para-hydroxylation sites is 3. The van der Waals surface area contributed by atoms with Crippen molar-refractivity contribution >= 4 is 43.6 Å². The normalized spacial score (nSPS) is 13.2. The average Bonchev–Trinajstić information content (AvgIpc) is 3.80. The number of hydrogen-bond acceptors (Lipinski definition) is 3. The van der Waals surface area contributed by atoms with Crippen molar-refractivity contribution in [3.05, 3.63) is 175 Å². The first-order valence-electron chi connectivity index (χ1n) is 18.1. The van der Waals surface area contributed by atoms with Gasteiger partial charge in [-0.25, -0.2) is 0 Å². The standard InChI is InChI=1S/C48H33N5/c1-48(2)39-20-10-6-16-33(39)37-28-38-36-19-9-13-23-43(36)53(44(38)29-40(37)48)47-50-45(32-26-24-31(25-27-32)30-14-4-3-5-15-30)49-46(51-47)52-41-21-11-7-17-34(41)35-18-8-12-22-42(35)52/h3-29H,1-2H3. The van der Waals surface area contributed by atoms with Gasteiger partial charge in [0.15, 0.2) is 5.82 Å². The third kappa shape index (κ3) is 4.34. The molecule has 250 valence electrons. The predicted octanol–water partition coefficient (Wildman–Crippen LogP) is 11.7. The fraction of sp³-hybridized carbons (Fsp3) is 0.0625. The molecule has 0 radical (unpaired) electrons. The van der Waals surface area contributed by atoms with Crippen LogP contribution in [0.15, 0.2) is 164 Å². The van der Waals surface area contributed by atoms with Crippen molar-refractivity contribution in [2.45, 2.75) is 19.3 Å². The molecule has 5 heteroatoms. The molecule has 10 aromatic rings. The molecular weight excluding hydrogens is 647 g/mol. The van der Waals surface area contributed by atoms with E-state index in [1.807, 2.05) is 6.07 Å². The van der Waals surface area contributed by atoms with Gasteiger partial charge in [-0.3, -0.25) is 9.13 Å². The van der Waals surface area contributed by atoms with Crippen molar-refractivity contribution in [3.63, 3.8) is 0 Å². The zero-order chi connectivity index (χ0) is 35.3. The van der Waals surface area contributed by atoms with Crippen LogP contribution in [-0.2, 0) is 5.41 Å². The lowest BCUT2D eigenvalue weighted by Gasteiger charge is -2.21. The molecule has 0 aliphatic heterocycles. The van der Waals surface area contributed by atoms with Crippen molar-refractivity contribution < 1.29 is 0 Å². The van der Waals surface area contributed by atoms with Gasteiger partial charge >= 0.3 is 0 Å². The summed E-state index contributed by atoms with van der Waals surface area (Å²) in [6.07, 6.45) is 0. The SMILES string of the molecule is CC1(C)c2ccccc2-c2cc3c4ccccc4n(-c4nc(-c5ccc(-c6ccccc6)cc5)nc(-n5c6ccccc6c6ccccc65)n4)c3cc21. The molecule has 0 fully saturated rings. The minimum absolute atomic E-state index is 0.152. The summed E-state index contributed by atoms with van der Waals surface area (Å²) in [5.74, 6) is 1.78. The van der Waals surface area contributed by atoms with Gasteiger partial charge in [-0.2, -0.15) is 15.0 Å². The Morgan fingerprint density at radius 1 is 0.377 bits per heavy atom. The summed E-state index contributed by atoms with van der Waals surface area (Å²) in [5, 5.41) is 4.67. The fourth-order valence-electron chi connectivity index (χ4n) is 8.64. The van der Waals surface area contributed by atoms with Gasteiger partial charge in [-0.15, -0.1) is 0 Å². The van der Waals surface area contributed by atoms with Crippen LogP contribution in [0.3, 0.4) is 0 Å². The molecule has 1 aliphatic rings. The molecule has 0 unspecified atom stereocenters. The number of hydrogen-bond donors (Lipinski definition) is 0. The van der Waals surface area contributed by atoms with Crippen molar-refractivity contribution in [3.8, 4) is 45.5 Å². The van der Waals surface area contributed by atoms with E-state index in [1.54, 1.807) is 0 Å². The third-order valence-electron chi connectivity index (χ3n) is 11.2. The second-order valence-electron chi connectivity index (χ2n) is 14.5. The quantitative estimate of drug-likeness (QED) is 0.186. The predicted molar refractivity (Wildman–Crippen MR) is 217 cm³/mol. The molecule has 0 atom stereocenters. The van der Waals surface area contributed by atoms with Gasteiger partial charge in [0.1, 0.15) is 0 Å². The molecular formula is C48H33N5. The molecule has 53 heavy (non-hydrogen) atoms. The van der Waals surface area contributed by atoms with E-state index in [9.17, 15) is 0 Å². The lowest BCUT2D eigenvalue weighted by Crippen LogP contribution is -2.15. The maximum absolute atomic E-state index is 5.38. The van der Waals surface area contributed by atoms with Gasteiger partial charge in [-0.1, -0.05) is 147 Å². The summed E-state index contributed by atoms with van der Waals surface area (Å²) in [5.41, 5.74) is 12.6. The molecule has 0 saturated carbocycles. The smallest absolute Gasteiger partial charge is 0.240 e. The third-order valence-corrected chi connectivity index (χ3v) is 11.2. The summed E-state index contributed by atoms with van der Waals surface area (Å²) < 4.78 is 4.42. The van der Waals surface area contributed by atoms with E-state index >= 15 is 0 Å². The molecule has 0 amide bonds. The van der Waals surface area contributed by atoms with E-state index in [0.29, 0.717) is 17.7 Å². The van der Waals surface area contributed by atoms with Crippen LogP contribution in [0.4, 0.5) is 0 Å². The topological polar surface area (TPSA) is 48.5 Å². The Morgan fingerprint density at radius 2 is 0.868 bits per heavy atom. The monoisotopic (exact) mass is 679 g/mol. The van der Waals surface area contributed by atoms with E-state index in [2.05, 4.69) is 181 Å². The average molecular weight is 680 g/mol. The molecule has 5 nitrogen and oxygen atoms in total. The minimum Gasteiger partial charge on any atom is -0.278 e. The number of fused-ring (bicyclic) bond motifs is 9. The van der Waals surface area contributed by atoms with Crippen LogP contribution in [-0.4, -0.2) is 24.1 Å². The van der Waals surface area contributed by atoms with E-state index in [0.717, 1.165) is 44.0 Å². The second-order valence-corrected chi connectivity index (χ2v) is 14.5. The Labute approximate surface area is 306 Å². The Kier molecular flexibility index (Phi) is 6.23. The number of aromatic nitrogens is 5. The Hall–Kier alpha value is -6.85. The van der Waals surface area contributed by atoms with Crippen LogP contribution < -0.4 is 0 Å². The van der Waals surface area contributed by atoms with Crippen LogP contribution >= 0.6 is 0 Å². The summed E-state index contributed by atoms with van der Waals surface area (Å²) >= 11 is 0. The van der Waals surface area contributed by atoms with Gasteiger partial charge in [0.05, 0.1) is 22.1 Å². The zero-order valence-corrected chi connectivity index (χ0v) is 29.3. The minimum atomic E-state index is -0.152. The largest absolute Gasteiger partial charge is 0.278 e. The highest BCUT2D eigenvalue weighted by Gasteiger charge is 2.36. The zero-order valence-electron chi connectivity index (χ0n) is 29.3. The first-order valence-corrected chi connectivity index (χ1v) is 18.1. The summed E-state index contributed by atoms with van der Waals surface area (Å²) in [7, 11) is 0. The Morgan fingerprint density at radius 3 is 1.51 bits per heavy atom. The number of benzene rings is 7. The van der Waals surface area contributed by atoms with Gasteiger partial charge in [0, 0.05) is 32.5 Å². The maximum Gasteiger partial charge on any atom is 0.240 e. The second kappa shape index (κ2) is 11.1. The van der Waals surface area contributed by atoms with E-state index in [-0.39, 0.29) is 5.41 Å². The van der Waals surface area contributed by atoms with Crippen molar-refractivity contribution in [1.29, 1.82) is 0 Å². The highest BCUT2D eigenvalue weighted by molar-refractivity contribution is 6.12.